The third-order valence-electron chi connectivity index (χ3n) is 5.06. The van der Waals surface area contributed by atoms with Crippen LogP contribution in [-0.4, -0.2) is 26.6 Å². The van der Waals surface area contributed by atoms with Crippen molar-refractivity contribution in [3.8, 4) is 5.69 Å². The molecule has 4 rings (SSSR count). The molecule has 36 heavy (non-hydrogen) atoms. The second kappa shape index (κ2) is 9.82. The van der Waals surface area contributed by atoms with E-state index in [1.165, 1.54) is 37.5 Å². The monoisotopic (exact) mass is 493 g/mol. The topological polar surface area (TPSA) is 106 Å². The van der Waals surface area contributed by atoms with Gasteiger partial charge in [-0.2, -0.15) is 18.3 Å². The highest BCUT2D eigenvalue weighted by Crippen LogP contribution is 2.30. The fraction of sp³-hybridized carbons (Fsp3) is 0.0800. The van der Waals surface area contributed by atoms with Gasteiger partial charge in [-0.05, 0) is 55.5 Å². The maximum absolute atomic E-state index is 13.1. The van der Waals surface area contributed by atoms with Gasteiger partial charge < -0.3 is 10.6 Å². The molecule has 0 spiro atoms. The number of alkyl halides is 3. The van der Waals surface area contributed by atoms with Gasteiger partial charge in [-0.1, -0.05) is 12.1 Å². The predicted molar refractivity (Wildman–Crippen MR) is 126 cm³/mol. The fourth-order valence-electron chi connectivity index (χ4n) is 3.35. The summed E-state index contributed by atoms with van der Waals surface area (Å²) in [7, 11) is 0. The number of carbonyl (C=O) groups is 2. The zero-order valence-electron chi connectivity index (χ0n) is 18.7. The van der Waals surface area contributed by atoms with E-state index < -0.39 is 28.8 Å². The van der Waals surface area contributed by atoms with E-state index in [1.807, 2.05) is 0 Å². The molecule has 0 aliphatic heterocycles. The summed E-state index contributed by atoms with van der Waals surface area (Å²) in [4.78, 5) is 41.5. The maximum atomic E-state index is 13.1. The number of hydrogen-bond acceptors (Lipinski definition) is 5. The van der Waals surface area contributed by atoms with Gasteiger partial charge in [0, 0.05) is 41.1 Å². The number of benzene rings is 2. The van der Waals surface area contributed by atoms with Crippen molar-refractivity contribution in [2.75, 3.05) is 10.6 Å². The molecule has 2 aromatic carbocycles. The first kappa shape index (κ1) is 24.3. The highest BCUT2D eigenvalue weighted by Gasteiger charge is 2.30. The van der Waals surface area contributed by atoms with Crippen molar-refractivity contribution in [2.24, 2.45) is 0 Å². The number of anilines is 2. The van der Waals surface area contributed by atoms with Crippen molar-refractivity contribution in [3.63, 3.8) is 0 Å². The average Bonchev–Trinajstić information content (AvgIpc) is 2.84. The van der Waals surface area contributed by atoms with Gasteiger partial charge in [0.1, 0.15) is 0 Å². The Labute approximate surface area is 202 Å². The number of nitrogens with one attached hydrogen (secondary N) is 2. The van der Waals surface area contributed by atoms with E-state index in [-0.39, 0.29) is 23.0 Å². The van der Waals surface area contributed by atoms with Gasteiger partial charge in [0.2, 0.25) is 5.43 Å². The summed E-state index contributed by atoms with van der Waals surface area (Å²) in [5.74, 6) is -1.25. The minimum Gasteiger partial charge on any atom is -0.322 e. The van der Waals surface area contributed by atoms with Crippen LogP contribution in [0.3, 0.4) is 0 Å². The molecule has 0 radical (unpaired) electrons. The number of hydrogen-bond donors (Lipinski definition) is 2. The van der Waals surface area contributed by atoms with Crippen LogP contribution in [0.4, 0.5) is 24.5 Å². The molecule has 0 saturated heterocycles. The molecular weight excluding hydrogens is 475 g/mol. The lowest BCUT2D eigenvalue weighted by molar-refractivity contribution is -0.137. The molecular formula is C25H18F3N5O3. The first-order valence-corrected chi connectivity index (χ1v) is 10.5. The minimum absolute atomic E-state index is 0.0391. The van der Waals surface area contributed by atoms with E-state index in [1.54, 1.807) is 30.3 Å². The van der Waals surface area contributed by atoms with Crippen molar-refractivity contribution >= 4 is 23.2 Å². The maximum Gasteiger partial charge on any atom is 0.416 e. The third kappa shape index (κ3) is 5.46. The van der Waals surface area contributed by atoms with Crippen LogP contribution in [0, 0.1) is 6.92 Å². The second-order valence-electron chi connectivity index (χ2n) is 7.68. The summed E-state index contributed by atoms with van der Waals surface area (Å²) in [6.07, 6.45) is -1.61. The lowest BCUT2D eigenvalue weighted by atomic mass is 10.2. The molecule has 0 fully saturated rings. The lowest BCUT2D eigenvalue weighted by Crippen LogP contribution is -2.27. The molecule has 0 aliphatic carbocycles. The van der Waals surface area contributed by atoms with Gasteiger partial charge in [0.15, 0.2) is 5.69 Å². The molecule has 0 atom stereocenters. The summed E-state index contributed by atoms with van der Waals surface area (Å²) in [5.41, 5.74) is -0.781. The van der Waals surface area contributed by atoms with E-state index in [4.69, 9.17) is 0 Å². The van der Waals surface area contributed by atoms with Crippen molar-refractivity contribution in [2.45, 2.75) is 13.1 Å². The van der Waals surface area contributed by atoms with Crippen LogP contribution in [0.25, 0.3) is 5.69 Å². The Kier molecular flexibility index (Phi) is 6.64. The molecule has 2 heterocycles. The summed E-state index contributed by atoms with van der Waals surface area (Å²) < 4.78 is 40.5. The molecule has 182 valence electrons. The van der Waals surface area contributed by atoms with Crippen LogP contribution in [0.5, 0.6) is 0 Å². The van der Waals surface area contributed by atoms with Crippen LogP contribution < -0.4 is 16.1 Å². The van der Waals surface area contributed by atoms with Crippen LogP contribution in [-0.2, 0) is 6.18 Å². The van der Waals surface area contributed by atoms with E-state index in [2.05, 4.69) is 20.7 Å². The fourth-order valence-corrected chi connectivity index (χ4v) is 3.35. The summed E-state index contributed by atoms with van der Waals surface area (Å²) in [6, 6.07) is 14.8. The Hall–Kier alpha value is -4.80. The van der Waals surface area contributed by atoms with E-state index >= 15 is 0 Å². The Morgan fingerprint density at radius 1 is 0.861 bits per heavy atom. The molecule has 2 amide bonds. The SMILES string of the molecule is Cc1cc(=O)c(C(=O)Nc2cccc(NC(=O)c3ccncc3)c2)nn1-c1cccc(C(F)(F)F)c1. The highest BCUT2D eigenvalue weighted by molar-refractivity contribution is 6.05. The van der Waals surface area contributed by atoms with Gasteiger partial charge in [-0.15, -0.1) is 0 Å². The molecule has 4 aromatic rings. The Balaban J connectivity index is 1.58. The van der Waals surface area contributed by atoms with Crippen molar-refractivity contribution in [1.82, 2.24) is 14.8 Å². The quantitative estimate of drug-likeness (QED) is 0.427. The molecule has 0 saturated carbocycles. The molecule has 2 aromatic heterocycles. The zero-order chi connectivity index (χ0) is 25.9. The van der Waals surface area contributed by atoms with Gasteiger partial charge in [-0.25, -0.2) is 4.68 Å². The number of pyridine rings is 1. The first-order valence-electron chi connectivity index (χ1n) is 10.5. The van der Waals surface area contributed by atoms with Gasteiger partial charge in [-0.3, -0.25) is 19.4 Å². The molecule has 0 unspecified atom stereocenters. The average molecular weight is 493 g/mol. The van der Waals surface area contributed by atoms with E-state index in [0.717, 1.165) is 22.9 Å². The van der Waals surface area contributed by atoms with Crippen molar-refractivity contribution in [3.05, 3.63) is 112 Å². The predicted octanol–water partition coefficient (Wildman–Crippen LogP) is 4.46. The van der Waals surface area contributed by atoms with E-state index in [0.29, 0.717) is 11.3 Å². The second-order valence-corrected chi connectivity index (χ2v) is 7.68. The number of carbonyl (C=O) groups excluding carboxylic acids is 2. The molecule has 2 N–H and O–H groups in total. The number of amides is 2. The van der Waals surface area contributed by atoms with Gasteiger partial charge in [0.05, 0.1) is 11.3 Å². The zero-order valence-corrected chi connectivity index (χ0v) is 18.7. The van der Waals surface area contributed by atoms with Gasteiger partial charge in [0.25, 0.3) is 11.8 Å². The van der Waals surface area contributed by atoms with Crippen LogP contribution >= 0.6 is 0 Å². The molecule has 11 heteroatoms. The molecule has 8 nitrogen and oxygen atoms in total. The molecule has 0 bridgehead atoms. The summed E-state index contributed by atoms with van der Waals surface area (Å²) in [5, 5.41) is 9.24. The first-order chi connectivity index (χ1) is 17.1. The van der Waals surface area contributed by atoms with Crippen LogP contribution in [0.2, 0.25) is 0 Å². The highest BCUT2D eigenvalue weighted by atomic mass is 19.4. The summed E-state index contributed by atoms with van der Waals surface area (Å²) >= 11 is 0. The molecule has 0 aliphatic rings. The smallest absolute Gasteiger partial charge is 0.322 e. The Morgan fingerprint density at radius 2 is 1.50 bits per heavy atom. The van der Waals surface area contributed by atoms with Crippen LogP contribution in [0.1, 0.15) is 32.1 Å². The summed E-state index contributed by atoms with van der Waals surface area (Å²) in [6.45, 7) is 1.49. The third-order valence-corrected chi connectivity index (χ3v) is 5.06. The number of halogens is 3. The number of nitrogens with zero attached hydrogens (tertiary/aromatic N) is 3. The number of aromatic nitrogens is 3. The van der Waals surface area contributed by atoms with Crippen molar-refractivity contribution < 1.29 is 22.8 Å². The Morgan fingerprint density at radius 3 is 2.17 bits per heavy atom. The number of rotatable bonds is 5. The van der Waals surface area contributed by atoms with E-state index in [9.17, 15) is 27.6 Å². The van der Waals surface area contributed by atoms with Crippen LogP contribution in [0.15, 0.2) is 83.9 Å². The lowest BCUT2D eigenvalue weighted by Gasteiger charge is -2.14. The Bertz CT molecular complexity index is 1500. The van der Waals surface area contributed by atoms with Crippen molar-refractivity contribution in [1.29, 1.82) is 0 Å². The van der Waals surface area contributed by atoms with Gasteiger partial charge >= 0.3 is 6.18 Å². The number of aryl methyl sites for hydroxylation is 1. The normalized spacial score (nSPS) is 11.1. The standard InChI is InChI=1S/C25H18F3N5O3/c1-15-12-21(34)22(32-33(15)20-7-2-4-17(13-20)25(26,27)28)24(36)31-19-6-3-5-18(14-19)30-23(35)16-8-10-29-11-9-16/h2-14H,1H3,(H,30,35)(H,31,36). The minimum atomic E-state index is -4.57. The largest absolute Gasteiger partial charge is 0.416 e.